The van der Waals surface area contributed by atoms with E-state index in [2.05, 4.69) is 5.32 Å². The number of carbonyl (C=O) groups is 2. The van der Waals surface area contributed by atoms with Crippen molar-refractivity contribution >= 4 is 39.0 Å². The highest BCUT2D eigenvalue weighted by Crippen LogP contribution is 2.29. The smallest absolute Gasteiger partial charge is 0.340 e. The van der Waals surface area contributed by atoms with Crippen molar-refractivity contribution in [3.63, 3.8) is 0 Å². The number of nitro benzene ring substituents is 1. The molecule has 1 fully saturated rings. The van der Waals surface area contributed by atoms with E-state index in [1.165, 1.54) is 32.3 Å². The van der Waals surface area contributed by atoms with E-state index in [1.807, 2.05) is 4.90 Å². The molecular formula is C21H23FN4O7S. The van der Waals surface area contributed by atoms with Crippen molar-refractivity contribution in [2.45, 2.75) is 17.7 Å². The molecule has 1 saturated heterocycles. The van der Waals surface area contributed by atoms with Crippen LogP contribution in [0, 0.1) is 15.9 Å². The van der Waals surface area contributed by atoms with Crippen LogP contribution in [0.3, 0.4) is 0 Å². The van der Waals surface area contributed by atoms with Gasteiger partial charge in [0, 0.05) is 27.2 Å². The van der Waals surface area contributed by atoms with Crippen LogP contribution in [-0.4, -0.2) is 63.3 Å². The predicted octanol–water partition coefficient (Wildman–Crippen LogP) is 2.38. The lowest BCUT2D eigenvalue weighted by Crippen LogP contribution is -2.26. The number of halogens is 1. The van der Waals surface area contributed by atoms with Crippen molar-refractivity contribution in [2.75, 3.05) is 44.0 Å². The van der Waals surface area contributed by atoms with E-state index in [-0.39, 0.29) is 16.1 Å². The van der Waals surface area contributed by atoms with E-state index in [0.717, 1.165) is 29.3 Å². The van der Waals surface area contributed by atoms with Crippen molar-refractivity contribution in [3.8, 4) is 0 Å². The number of nitrogens with one attached hydrogen (secondary N) is 1. The molecule has 1 amide bonds. The quantitative estimate of drug-likeness (QED) is 0.335. The molecule has 13 heteroatoms. The Morgan fingerprint density at radius 3 is 2.47 bits per heavy atom. The molecule has 0 unspecified atom stereocenters. The Hall–Kier alpha value is -3.58. The minimum Gasteiger partial charge on any atom is -0.452 e. The third-order valence-corrected chi connectivity index (χ3v) is 6.99. The van der Waals surface area contributed by atoms with Crippen LogP contribution < -0.4 is 10.2 Å². The maximum atomic E-state index is 13.3. The maximum Gasteiger partial charge on any atom is 0.340 e. The lowest BCUT2D eigenvalue weighted by atomic mass is 10.1. The Morgan fingerprint density at radius 2 is 1.85 bits per heavy atom. The summed E-state index contributed by atoms with van der Waals surface area (Å²) >= 11 is 0. The Kier molecular flexibility index (Phi) is 7.47. The fraction of sp³-hybridized carbons (Fsp3) is 0.333. The number of amides is 1. The zero-order valence-electron chi connectivity index (χ0n) is 18.5. The summed E-state index contributed by atoms with van der Waals surface area (Å²) in [5.74, 6) is -2.66. The molecule has 1 heterocycles. The molecule has 2 aromatic rings. The lowest BCUT2D eigenvalue weighted by molar-refractivity contribution is -0.384. The zero-order valence-corrected chi connectivity index (χ0v) is 19.3. The van der Waals surface area contributed by atoms with E-state index in [4.69, 9.17) is 4.74 Å². The summed E-state index contributed by atoms with van der Waals surface area (Å²) in [5, 5.41) is 13.3. The summed E-state index contributed by atoms with van der Waals surface area (Å²) in [4.78, 5) is 37.1. The number of benzene rings is 2. The molecule has 0 radical (unpaired) electrons. The molecule has 3 rings (SSSR count). The van der Waals surface area contributed by atoms with Crippen molar-refractivity contribution < 1.29 is 32.1 Å². The van der Waals surface area contributed by atoms with Crippen molar-refractivity contribution in [1.29, 1.82) is 0 Å². The van der Waals surface area contributed by atoms with Crippen molar-refractivity contribution in [3.05, 3.63) is 57.9 Å². The molecule has 34 heavy (non-hydrogen) atoms. The van der Waals surface area contributed by atoms with Gasteiger partial charge in [0.2, 0.25) is 10.0 Å². The highest BCUT2D eigenvalue weighted by atomic mass is 32.2. The first-order chi connectivity index (χ1) is 16.0. The Labute approximate surface area is 195 Å². The van der Waals surface area contributed by atoms with Crippen molar-refractivity contribution in [2.24, 2.45) is 0 Å². The van der Waals surface area contributed by atoms with Gasteiger partial charge in [0.15, 0.2) is 6.61 Å². The van der Waals surface area contributed by atoms with E-state index in [0.29, 0.717) is 24.8 Å². The van der Waals surface area contributed by atoms with Crippen LogP contribution in [0.2, 0.25) is 0 Å². The molecule has 0 bridgehead atoms. The van der Waals surface area contributed by atoms with Gasteiger partial charge in [0.1, 0.15) is 11.5 Å². The highest BCUT2D eigenvalue weighted by Gasteiger charge is 2.26. The van der Waals surface area contributed by atoms with Gasteiger partial charge >= 0.3 is 5.97 Å². The molecule has 182 valence electrons. The summed E-state index contributed by atoms with van der Waals surface area (Å²) in [6.45, 7) is 0.557. The number of ether oxygens (including phenoxy) is 1. The molecule has 1 N–H and O–H groups in total. The number of nitrogens with zero attached hydrogens (tertiary/aromatic N) is 3. The Bertz CT molecular complexity index is 1230. The van der Waals surface area contributed by atoms with Crippen LogP contribution in [0.4, 0.5) is 21.5 Å². The molecular weight excluding hydrogens is 471 g/mol. The SMILES string of the molecule is CN(C)S(=O)(=O)c1ccc(N2CCCC2)c(C(=O)OCC(=O)Nc2ccc(F)cc2[N+](=O)[O-])c1. The van der Waals surface area contributed by atoms with Gasteiger partial charge in [0.05, 0.1) is 27.1 Å². The van der Waals surface area contributed by atoms with Crippen molar-refractivity contribution in [1.82, 2.24) is 4.31 Å². The zero-order chi connectivity index (χ0) is 25.0. The highest BCUT2D eigenvalue weighted by molar-refractivity contribution is 7.89. The van der Waals surface area contributed by atoms with E-state index in [9.17, 15) is 32.5 Å². The predicted molar refractivity (Wildman–Crippen MR) is 121 cm³/mol. The van der Waals surface area contributed by atoms with Crippen LogP contribution in [-0.2, 0) is 19.6 Å². The number of sulfonamides is 1. The number of nitro groups is 1. The third kappa shape index (κ3) is 5.48. The molecule has 0 spiro atoms. The van der Waals surface area contributed by atoms with E-state index in [1.54, 1.807) is 0 Å². The van der Waals surface area contributed by atoms with Gasteiger partial charge in [-0.3, -0.25) is 14.9 Å². The molecule has 0 aromatic heterocycles. The summed E-state index contributed by atoms with van der Waals surface area (Å²) < 4.78 is 44.4. The fourth-order valence-electron chi connectivity index (χ4n) is 3.44. The molecule has 0 aliphatic carbocycles. The summed E-state index contributed by atoms with van der Waals surface area (Å²) in [7, 11) is -1.10. The second kappa shape index (κ2) is 10.1. The van der Waals surface area contributed by atoms with Crippen LogP contribution >= 0.6 is 0 Å². The van der Waals surface area contributed by atoms with Crippen LogP contribution in [0.15, 0.2) is 41.3 Å². The minimum absolute atomic E-state index is 0.0228. The van der Waals surface area contributed by atoms with Gasteiger partial charge in [-0.2, -0.15) is 0 Å². The first-order valence-electron chi connectivity index (χ1n) is 10.2. The molecule has 11 nitrogen and oxygen atoms in total. The number of hydrogen-bond acceptors (Lipinski definition) is 8. The maximum absolute atomic E-state index is 13.3. The van der Waals surface area contributed by atoms with Crippen LogP contribution in [0.1, 0.15) is 23.2 Å². The number of rotatable bonds is 8. The lowest BCUT2D eigenvalue weighted by Gasteiger charge is -2.22. The van der Waals surface area contributed by atoms with Crippen LogP contribution in [0.5, 0.6) is 0 Å². The number of anilines is 2. The standard InChI is InChI=1S/C21H23FN4O7S/c1-24(2)34(31,32)15-6-8-18(25-9-3-4-10-25)16(12-15)21(28)33-13-20(27)23-17-7-5-14(22)11-19(17)26(29)30/h5-8,11-12H,3-4,9-10,13H2,1-2H3,(H,23,27). The normalized spacial score (nSPS) is 13.7. The topological polar surface area (TPSA) is 139 Å². The second-order valence-electron chi connectivity index (χ2n) is 7.70. The summed E-state index contributed by atoms with van der Waals surface area (Å²) in [5.41, 5.74) is -0.456. The van der Waals surface area contributed by atoms with E-state index >= 15 is 0 Å². The van der Waals surface area contributed by atoms with Gasteiger partial charge in [-0.15, -0.1) is 0 Å². The average molecular weight is 495 g/mol. The summed E-state index contributed by atoms with van der Waals surface area (Å²) in [6.07, 6.45) is 1.82. The number of carbonyl (C=O) groups excluding carboxylic acids is 2. The fourth-order valence-corrected chi connectivity index (χ4v) is 4.37. The Morgan fingerprint density at radius 1 is 1.18 bits per heavy atom. The first-order valence-corrected chi connectivity index (χ1v) is 11.7. The van der Waals surface area contributed by atoms with Gasteiger partial charge in [-0.05, 0) is 43.2 Å². The third-order valence-electron chi connectivity index (χ3n) is 5.18. The minimum atomic E-state index is -3.83. The molecule has 2 aromatic carbocycles. The molecule has 1 aliphatic rings. The Balaban J connectivity index is 1.80. The number of hydrogen-bond donors (Lipinski definition) is 1. The van der Waals surface area contributed by atoms with Gasteiger partial charge in [0.25, 0.3) is 11.6 Å². The second-order valence-corrected chi connectivity index (χ2v) is 9.86. The van der Waals surface area contributed by atoms with Gasteiger partial charge < -0.3 is 15.0 Å². The van der Waals surface area contributed by atoms with Crippen LogP contribution in [0.25, 0.3) is 0 Å². The molecule has 1 aliphatic heterocycles. The number of esters is 1. The average Bonchev–Trinajstić information content (AvgIpc) is 3.32. The van der Waals surface area contributed by atoms with Gasteiger partial charge in [-0.25, -0.2) is 21.9 Å². The molecule has 0 atom stereocenters. The van der Waals surface area contributed by atoms with E-state index < -0.39 is 44.9 Å². The monoisotopic (exact) mass is 494 g/mol. The van der Waals surface area contributed by atoms with Gasteiger partial charge in [-0.1, -0.05) is 0 Å². The summed E-state index contributed by atoms with van der Waals surface area (Å²) in [6, 6.07) is 6.75. The largest absolute Gasteiger partial charge is 0.452 e. The first kappa shape index (κ1) is 25.1. The molecule has 0 saturated carbocycles.